The topological polar surface area (TPSA) is 103 Å². The molecule has 1 saturated heterocycles. The van der Waals surface area contributed by atoms with Gasteiger partial charge in [0.1, 0.15) is 5.58 Å². The second-order valence-corrected chi connectivity index (χ2v) is 8.82. The smallest absolute Gasteiger partial charge is 0.374 e. The molecule has 0 radical (unpaired) electrons. The summed E-state index contributed by atoms with van der Waals surface area (Å²) < 4.78 is 38.3. The first kappa shape index (κ1) is 22.7. The molecule has 1 aliphatic heterocycles. The first-order chi connectivity index (χ1) is 12.9. The van der Waals surface area contributed by atoms with Gasteiger partial charge in [-0.05, 0) is 63.8 Å². The van der Waals surface area contributed by atoms with Crippen molar-refractivity contribution in [3.8, 4) is 0 Å². The molecule has 28 heavy (non-hydrogen) atoms. The number of benzene rings is 1. The lowest BCUT2D eigenvalue weighted by Gasteiger charge is -2.31. The predicted molar refractivity (Wildman–Crippen MR) is 109 cm³/mol. The van der Waals surface area contributed by atoms with E-state index in [-0.39, 0.29) is 29.7 Å². The van der Waals surface area contributed by atoms with Crippen molar-refractivity contribution in [3.05, 3.63) is 29.5 Å². The van der Waals surface area contributed by atoms with E-state index in [1.54, 1.807) is 30.3 Å². The normalized spacial score (nSPS) is 18.0. The molecule has 9 heteroatoms. The molecular formula is C19H27ClN2O5S. The maximum Gasteiger partial charge on any atom is 0.374 e. The second kappa shape index (κ2) is 9.26. The fraction of sp³-hybridized carbons (Fsp3) is 0.526. The highest BCUT2D eigenvalue weighted by Crippen LogP contribution is 2.31. The molecule has 0 saturated carbocycles. The Kier molecular flexibility index (Phi) is 7.50. The van der Waals surface area contributed by atoms with Gasteiger partial charge >= 0.3 is 5.97 Å². The number of piperidine rings is 1. The summed E-state index contributed by atoms with van der Waals surface area (Å²) in [7, 11) is -3.61. The molecule has 2 aromatic rings. The van der Waals surface area contributed by atoms with Crippen molar-refractivity contribution in [2.24, 2.45) is 11.7 Å². The number of sulfonamides is 1. The molecule has 1 atom stereocenters. The summed E-state index contributed by atoms with van der Waals surface area (Å²) in [5.74, 6) is -0.132. The summed E-state index contributed by atoms with van der Waals surface area (Å²) in [6, 6.07) is 4.71. The third kappa shape index (κ3) is 4.35. The van der Waals surface area contributed by atoms with Crippen LogP contribution in [0.1, 0.15) is 42.3 Å². The van der Waals surface area contributed by atoms with Crippen LogP contribution in [0.4, 0.5) is 0 Å². The number of nitrogens with zero attached hydrogens (tertiary/aromatic N) is 1. The molecule has 1 aromatic heterocycles. The van der Waals surface area contributed by atoms with Crippen LogP contribution in [0, 0.1) is 12.8 Å². The monoisotopic (exact) mass is 430 g/mol. The van der Waals surface area contributed by atoms with E-state index in [9.17, 15) is 13.2 Å². The van der Waals surface area contributed by atoms with Crippen molar-refractivity contribution in [2.75, 3.05) is 26.2 Å². The molecule has 1 fully saturated rings. The van der Waals surface area contributed by atoms with E-state index >= 15 is 0 Å². The van der Waals surface area contributed by atoms with Gasteiger partial charge in [-0.2, -0.15) is 4.31 Å². The van der Waals surface area contributed by atoms with Crippen LogP contribution in [-0.2, 0) is 14.8 Å². The SMILES string of the molecule is CCOC(=O)c1oc2ccc(S(=O)(=O)N3CCCC(CCN)C3)cc2c1C.Cl. The third-order valence-electron chi connectivity index (χ3n) is 5.06. The zero-order valence-electron chi connectivity index (χ0n) is 16.1. The standard InChI is InChI=1S/C19H26N2O5S.ClH/c1-3-25-19(22)18-13(2)16-11-15(6-7-17(16)26-18)27(23,24)21-10-4-5-14(12-21)8-9-20;/h6-7,11,14H,3-5,8-10,12,20H2,1-2H3;1H. The van der Waals surface area contributed by atoms with Crippen molar-refractivity contribution in [3.63, 3.8) is 0 Å². The lowest BCUT2D eigenvalue weighted by atomic mass is 9.96. The summed E-state index contributed by atoms with van der Waals surface area (Å²) in [5, 5.41) is 0.606. The zero-order valence-corrected chi connectivity index (χ0v) is 17.8. The Balaban J connectivity index is 0.00000280. The van der Waals surface area contributed by atoms with Gasteiger partial charge in [-0.1, -0.05) is 0 Å². The minimum atomic E-state index is -3.61. The zero-order chi connectivity index (χ0) is 19.6. The number of hydrogen-bond acceptors (Lipinski definition) is 6. The van der Waals surface area contributed by atoms with Gasteiger partial charge in [-0.25, -0.2) is 13.2 Å². The Labute approximate surface area is 171 Å². The summed E-state index contributed by atoms with van der Waals surface area (Å²) in [6.45, 7) is 5.27. The molecule has 0 aliphatic carbocycles. The van der Waals surface area contributed by atoms with E-state index in [1.165, 1.54) is 6.07 Å². The van der Waals surface area contributed by atoms with Crippen molar-refractivity contribution >= 4 is 39.4 Å². The highest BCUT2D eigenvalue weighted by atomic mass is 35.5. The average Bonchev–Trinajstić information content (AvgIpc) is 2.99. The van der Waals surface area contributed by atoms with Gasteiger partial charge in [0.25, 0.3) is 0 Å². The lowest BCUT2D eigenvalue weighted by Crippen LogP contribution is -2.40. The van der Waals surface area contributed by atoms with Gasteiger partial charge < -0.3 is 14.9 Å². The number of hydrogen-bond donors (Lipinski definition) is 1. The summed E-state index contributed by atoms with van der Waals surface area (Å²) in [4.78, 5) is 12.2. The molecule has 2 N–H and O–H groups in total. The summed E-state index contributed by atoms with van der Waals surface area (Å²) in [6.07, 6.45) is 2.67. The molecule has 1 unspecified atom stereocenters. The van der Waals surface area contributed by atoms with E-state index in [0.717, 1.165) is 19.3 Å². The van der Waals surface area contributed by atoms with E-state index in [1.807, 2.05) is 0 Å². The van der Waals surface area contributed by atoms with Gasteiger partial charge in [0.2, 0.25) is 15.8 Å². The van der Waals surface area contributed by atoms with Gasteiger partial charge in [0, 0.05) is 24.0 Å². The Hall–Kier alpha value is -1.61. The molecule has 0 spiro atoms. The number of nitrogens with two attached hydrogens (primary N) is 1. The first-order valence-corrected chi connectivity index (χ1v) is 10.7. The van der Waals surface area contributed by atoms with Crippen molar-refractivity contribution in [2.45, 2.75) is 38.0 Å². The number of ether oxygens (including phenoxy) is 1. The van der Waals surface area contributed by atoms with Crippen LogP contribution in [0.3, 0.4) is 0 Å². The number of fused-ring (bicyclic) bond motifs is 1. The Morgan fingerprint density at radius 1 is 1.39 bits per heavy atom. The maximum absolute atomic E-state index is 13.1. The van der Waals surface area contributed by atoms with Crippen LogP contribution in [-0.4, -0.2) is 44.9 Å². The molecular weight excluding hydrogens is 404 g/mol. The van der Waals surface area contributed by atoms with Gasteiger partial charge in [-0.15, -0.1) is 12.4 Å². The fourth-order valence-electron chi connectivity index (χ4n) is 3.62. The minimum Gasteiger partial charge on any atom is -0.460 e. The minimum absolute atomic E-state index is 0. The van der Waals surface area contributed by atoms with E-state index in [4.69, 9.17) is 14.9 Å². The molecule has 156 valence electrons. The average molecular weight is 431 g/mol. The molecule has 0 bridgehead atoms. The van der Waals surface area contributed by atoms with E-state index < -0.39 is 16.0 Å². The number of rotatable bonds is 6. The van der Waals surface area contributed by atoms with Crippen LogP contribution in [0.15, 0.2) is 27.5 Å². The highest BCUT2D eigenvalue weighted by molar-refractivity contribution is 7.89. The van der Waals surface area contributed by atoms with Gasteiger partial charge in [0.15, 0.2) is 0 Å². The third-order valence-corrected chi connectivity index (χ3v) is 6.92. The van der Waals surface area contributed by atoms with Crippen molar-refractivity contribution in [1.82, 2.24) is 4.31 Å². The second-order valence-electron chi connectivity index (χ2n) is 6.88. The largest absolute Gasteiger partial charge is 0.460 e. The van der Waals surface area contributed by atoms with Crippen molar-refractivity contribution < 1.29 is 22.4 Å². The number of halogens is 1. The number of furan rings is 1. The molecule has 1 aliphatic rings. The van der Waals surface area contributed by atoms with Crippen LogP contribution in [0.25, 0.3) is 11.0 Å². The Bertz CT molecular complexity index is 939. The summed E-state index contributed by atoms with van der Waals surface area (Å²) in [5.41, 5.74) is 6.69. The predicted octanol–water partition coefficient (Wildman–Crippen LogP) is 3.09. The van der Waals surface area contributed by atoms with E-state index in [0.29, 0.717) is 42.1 Å². The highest BCUT2D eigenvalue weighted by Gasteiger charge is 2.30. The number of aryl methyl sites for hydroxylation is 1. The molecule has 1 aromatic carbocycles. The van der Waals surface area contributed by atoms with Crippen molar-refractivity contribution in [1.29, 1.82) is 0 Å². The summed E-state index contributed by atoms with van der Waals surface area (Å²) >= 11 is 0. The lowest BCUT2D eigenvalue weighted by molar-refractivity contribution is 0.0491. The van der Waals surface area contributed by atoms with Gasteiger partial charge in [-0.3, -0.25) is 0 Å². The maximum atomic E-state index is 13.1. The Morgan fingerprint density at radius 2 is 2.14 bits per heavy atom. The van der Waals surface area contributed by atoms with Gasteiger partial charge in [0.05, 0.1) is 11.5 Å². The Morgan fingerprint density at radius 3 is 2.82 bits per heavy atom. The molecule has 2 heterocycles. The molecule has 7 nitrogen and oxygen atoms in total. The number of carbonyl (C=O) groups excluding carboxylic acids is 1. The van der Waals surface area contributed by atoms with Crippen LogP contribution in [0.2, 0.25) is 0 Å². The first-order valence-electron chi connectivity index (χ1n) is 9.29. The van der Waals surface area contributed by atoms with E-state index in [2.05, 4.69) is 0 Å². The van der Waals surface area contributed by atoms with Crippen LogP contribution >= 0.6 is 12.4 Å². The number of esters is 1. The quantitative estimate of drug-likeness (QED) is 0.706. The molecule has 3 rings (SSSR count). The fourth-order valence-corrected chi connectivity index (χ4v) is 5.20. The van der Waals surface area contributed by atoms with Crippen LogP contribution < -0.4 is 5.73 Å². The van der Waals surface area contributed by atoms with Crippen LogP contribution in [0.5, 0.6) is 0 Å². The number of carbonyl (C=O) groups is 1. The molecule has 0 amide bonds.